The van der Waals surface area contributed by atoms with Crippen LogP contribution in [-0.4, -0.2) is 28.7 Å². The van der Waals surface area contributed by atoms with Gasteiger partial charge in [0.2, 0.25) is 0 Å². The summed E-state index contributed by atoms with van der Waals surface area (Å²) < 4.78 is 27.1. The van der Waals surface area contributed by atoms with E-state index in [-0.39, 0.29) is 11.6 Å². The van der Waals surface area contributed by atoms with E-state index in [1.807, 2.05) is 4.90 Å². The summed E-state index contributed by atoms with van der Waals surface area (Å²) in [5.74, 6) is -0.689. The van der Waals surface area contributed by atoms with Crippen LogP contribution in [-0.2, 0) is 13.0 Å². The smallest absolute Gasteiger partial charge is 0.128 e. The van der Waals surface area contributed by atoms with Crippen molar-refractivity contribution in [2.45, 2.75) is 32.4 Å². The summed E-state index contributed by atoms with van der Waals surface area (Å²) in [7, 11) is 0. The fourth-order valence-corrected chi connectivity index (χ4v) is 2.33. The number of hydrogen-bond acceptors (Lipinski definition) is 2. The second-order valence-corrected chi connectivity index (χ2v) is 5.26. The first kappa shape index (κ1) is 12.5. The summed E-state index contributed by atoms with van der Waals surface area (Å²) in [6.45, 7) is 4.90. The molecule has 0 aliphatic carbocycles. The molecule has 0 saturated heterocycles. The zero-order valence-electron chi connectivity index (χ0n) is 10.1. The molecule has 0 atom stereocenters. The van der Waals surface area contributed by atoms with Gasteiger partial charge < -0.3 is 5.11 Å². The lowest BCUT2D eigenvalue weighted by Crippen LogP contribution is -2.41. The highest BCUT2D eigenvalue weighted by atomic mass is 19.1. The number of benzene rings is 1. The van der Waals surface area contributed by atoms with Gasteiger partial charge in [0.15, 0.2) is 0 Å². The van der Waals surface area contributed by atoms with E-state index in [9.17, 15) is 13.9 Å². The molecule has 1 aliphatic rings. The van der Waals surface area contributed by atoms with Crippen LogP contribution < -0.4 is 0 Å². The Morgan fingerprint density at radius 3 is 2.41 bits per heavy atom. The topological polar surface area (TPSA) is 23.5 Å². The van der Waals surface area contributed by atoms with Gasteiger partial charge in [0.1, 0.15) is 11.6 Å². The summed E-state index contributed by atoms with van der Waals surface area (Å²) in [4.78, 5) is 1.95. The Kier molecular flexibility index (Phi) is 3.19. The van der Waals surface area contributed by atoms with Crippen LogP contribution in [0.2, 0.25) is 0 Å². The lowest BCUT2D eigenvalue weighted by atomic mass is 9.97. The van der Waals surface area contributed by atoms with Crippen LogP contribution in [0.1, 0.15) is 25.0 Å². The first-order chi connectivity index (χ1) is 7.87. The van der Waals surface area contributed by atoms with E-state index >= 15 is 0 Å². The molecule has 0 saturated carbocycles. The van der Waals surface area contributed by atoms with Crippen molar-refractivity contribution in [1.29, 1.82) is 0 Å². The largest absolute Gasteiger partial charge is 0.389 e. The van der Waals surface area contributed by atoms with Gasteiger partial charge in [-0.2, -0.15) is 0 Å². The molecule has 1 heterocycles. The Morgan fingerprint density at radius 1 is 1.24 bits per heavy atom. The van der Waals surface area contributed by atoms with Crippen LogP contribution in [0.25, 0.3) is 0 Å². The van der Waals surface area contributed by atoms with Crippen molar-refractivity contribution in [3.05, 3.63) is 34.9 Å². The van der Waals surface area contributed by atoms with E-state index in [0.29, 0.717) is 37.2 Å². The third-order valence-electron chi connectivity index (χ3n) is 2.99. The van der Waals surface area contributed by atoms with Gasteiger partial charge in [-0.25, -0.2) is 8.78 Å². The number of rotatable bonds is 2. The molecule has 0 aromatic heterocycles. The highest BCUT2D eigenvalue weighted by molar-refractivity contribution is 5.32. The van der Waals surface area contributed by atoms with Gasteiger partial charge in [0.05, 0.1) is 5.60 Å². The van der Waals surface area contributed by atoms with Crippen molar-refractivity contribution in [2.75, 3.05) is 13.1 Å². The third-order valence-corrected chi connectivity index (χ3v) is 2.99. The van der Waals surface area contributed by atoms with Gasteiger partial charge in [-0.15, -0.1) is 0 Å². The maximum absolute atomic E-state index is 13.6. The van der Waals surface area contributed by atoms with Gasteiger partial charge in [0.25, 0.3) is 0 Å². The Bertz CT molecular complexity index is 426. The normalized spacial score (nSPS) is 17.0. The van der Waals surface area contributed by atoms with Crippen molar-refractivity contribution in [2.24, 2.45) is 0 Å². The maximum atomic E-state index is 13.6. The SMILES string of the molecule is CC(C)(O)CN1CCc2c(F)ccc(F)c2C1. The fraction of sp³-hybridized carbons (Fsp3) is 0.538. The van der Waals surface area contributed by atoms with Crippen molar-refractivity contribution in [3.8, 4) is 0 Å². The van der Waals surface area contributed by atoms with E-state index in [1.165, 1.54) is 12.1 Å². The minimum Gasteiger partial charge on any atom is -0.389 e. The first-order valence-electron chi connectivity index (χ1n) is 5.77. The minimum absolute atomic E-state index is 0.329. The number of nitrogens with zero attached hydrogens (tertiary/aromatic N) is 1. The molecule has 4 heteroatoms. The molecule has 1 aliphatic heterocycles. The molecule has 0 amide bonds. The molecule has 0 fully saturated rings. The lowest BCUT2D eigenvalue weighted by molar-refractivity contribution is 0.0311. The molecular weight excluding hydrogens is 224 g/mol. The van der Waals surface area contributed by atoms with Crippen LogP contribution in [0.3, 0.4) is 0 Å². The van der Waals surface area contributed by atoms with Crippen molar-refractivity contribution < 1.29 is 13.9 Å². The maximum Gasteiger partial charge on any atom is 0.128 e. The standard InChI is InChI=1S/C13H17F2NO/c1-13(2,17)8-16-6-5-9-10(7-16)12(15)4-3-11(9)14/h3-4,17H,5-8H2,1-2H3. The minimum atomic E-state index is -0.818. The van der Waals surface area contributed by atoms with Gasteiger partial charge >= 0.3 is 0 Å². The first-order valence-corrected chi connectivity index (χ1v) is 5.77. The summed E-state index contributed by atoms with van der Waals surface area (Å²) in [6, 6.07) is 2.35. The second kappa shape index (κ2) is 4.35. The zero-order valence-corrected chi connectivity index (χ0v) is 10.1. The Labute approximate surface area is 99.9 Å². The Morgan fingerprint density at radius 2 is 1.82 bits per heavy atom. The fourth-order valence-electron chi connectivity index (χ4n) is 2.33. The number of halogens is 2. The van der Waals surface area contributed by atoms with E-state index in [1.54, 1.807) is 13.8 Å². The molecule has 1 N–H and O–H groups in total. The summed E-state index contributed by atoms with van der Waals surface area (Å²) in [5.41, 5.74) is 0.0962. The third kappa shape index (κ3) is 2.82. The second-order valence-electron chi connectivity index (χ2n) is 5.26. The van der Waals surface area contributed by atoms with Crippen LogP contribution in [0.15, 0.2) is 12.1 Å². The molecule has 94 valence electrons. The molecule has 0 unspecified atom stereocenters. The Hall–Kier alpha value is -1.00. The zero-order chi connectivity index (χ0) is 12.6. The van der Waals surface area contributed by atoms with Gasteiger partial charge in [-0.1, -0.05) is 0 Å². The summed E-state index contributed by atoms with van der Waals surface area (Å²) >= 11 is 0. The predicted molar refractivity (Wildman–Crippen MR) is 61.6 cm³/mol. The Balaban J connectivity index is 2.21. The highest BCUT2D eigenvalue weighted by Crippen LogP contribution is 2.25. The van der Waals surface area contributed by atoms with E-state index < -0.39 is 5.60 Å². The van der Waals surface area contributed by atoms with Crippen molar-refractivity contribution in [1.82, 2.24) is 4.90 Å². The van der Waals surface area contributed by atoms with Gasteiger partial charge in [-0.05, 0) is 38.0 Å². The number of aliphatic hydroxyl groups is 1. The molecule has 1 aromatic carbocycles. The van der Waals surface area contributed by atoms with Crippen molar-refractivity contribution >= 4 is 0 Å². The van der Waals surface area contributed by atoms with Crippen LogP contribution >= 0.6 is 0 Å². The molecule has 17 heavy (non-hydrogen) atoms. The van der Waals surface area contributed by atoms with Crippen LogP contribution in [0.4, 0.5) is 8.78 Å². The number of fused-ring (bicyclic) bond motifs is 1. The summed E-state index contributed by atoms with van der Waals surface area (Å²) in [5, 5.41) is 9.73. The van der Waals surface area contributed by atoms with Gasteiger partial charge in [-0.3, -0.25) is 4.90 Å². The quantitative estimate of drug-likeness (QED) is 0.857. The highest BCUT2D eigenvalue weighted by Gasteiger charge is 2.25. The molecule has 0 radical (unpaired) electrons. The van der Waals surface area contributed by atoms with E-state index in [0.717, 1.165) is 0 Å². The molecule has 0 spiro atoms. The molecule has 1 aromatic rings. The van der Waals surface area contributed by atoms with Crippen molar-refractivity contribution in [3.63, 3.8) is 0 Å². The van der Waals surface area contributed by atoms with Crippen LogP contribution in [0.5, 0.6) is 0 Å². The molecule has 2 nitrogen and oxygen atoms in total. The number of hydrogen-bond donors (Lipinski definition) is 1. The monoisotopic (exact) mass is 241 g/mol. The van der Waals surface area contributed by atoms with E-state index in [2.05, 4.69) is 0 Å². The molecular formula is C13H17F2NO. The average molecular weight is 241 g/mol. The predicted octanol–water partition coefficient (Wildman–Crippen LogP) is 2.09. The number of β-amino-alcohol motifs (C(OH)–C–C–N with tert-alkyl or cyclic N) is 1. The summed E-state index contributed by atoms with van der Waals surface area (Å²) in [6.07, 6.45) is 0.495. The molecule has 2 rings (SSSR count). The lowest BCUT2D eigenvalue weighted by Gasteiger charge is -2.33. The average Bonchev–Trinajstić information content (AvgIpc) is 2.21. The van der Waals surface area contributed by atoms with E-state index in [4.69, 9.17) is 0 Å². The van der Waals surface area contributed by atoms with Gasteiger partial charge in [0, 0.05) is 25.2 Å². The molecule has 0 bridgehead atoms. The van der Waals surface area contributed by atoms with Crippen LogP contribution in [0, 0.1) is 11.6 Å².